The third-order valence-corrected chi connectivity index (χ3v) is 2.03. The van der Waals surface area contributed by atoms with Gasteiger partial charge in [-0.2, -0.15) is 0 Å². The fourth-order valence-electron chi connectivity index (χ4n) is 0.968. The summed E-state index contributed by atoms with van der Waals surface area (Å²) in [5.74, 6) is -1.28. The first kappa shape index (κ1) is 11.6. The van der Waals surface area contributed by atoms with Crippen LogP contribution in [0.5, 0.6) is 5.75 Å². The van der Waals surface area contributed by atoms with E-state index in [0.29, 0.717) is 5.75 Å². The van der Waals surface area contributed by atoms with Gasteiger partial charge in [0.05, 0.1) is 12.0 Å². The maximum absolute atomic E-state index is 13.2. The minimum atomic E-state index is -1.21. The summed E-state index contributed by atoms with van der Waals surface area (Å²) in [5.41, 5.74) is 0.127. The minimum absolute atomic E-state index is 0.127. The lowest BCUT2D eigenvalue weighted by Crippen LogP contribution is -1.94. The van der Waals surface area contributed by atoms with Gasteiger partial charge in [-0.1, -0.05) is 0 Å². The van der Waals surface area contributed by atoms with E-state index in [-0.39, 0.29) is 10.5 Å². The number of rotatable bonds is 3. The van der Waals surface area contributed by atoms with Crippen LogP contribution in [0.1, 0.15) is 5.56 Å². The lowest BCUT2D eigenvalue weighted by Gasteiger charge is -2.02. The van der Waals surface area contributed by atoms with Crippen molar-refractivity contribution in [3.63, 3.8) is 0 Å². The summed E-state index contributed by atoms with van der Waals surface area (Å²) in [4.78, 5) is 10.2. The van der Waals surface area contributed by atoms with E-state index in [1.807, 2.05) is 0 Å². The van der Waals surface area contributed by atoms with Crippen LogP contribution in [0.15, 0.2) is 23.1 Å². The van der Waals surface area contributed by atoms with Crippen molar-refractivity contribution in [2.24, 2.45) is 0 Å². The van der Waals surface area contributed by atoms with Crippen LogP contribution in [0.4, 0.5) is 4.39 Å². The number of carbonyl (C=O) groups is 1. The van der Waals surface area contributed by atoms with Gasteiger partial charge in [-0.3, -0.25) is 0 Å². The minimum Gasteiger partial charge on any atom is -0.497 e. The summed E-state index contributed by atoms with van der Waals surface area (Å²) < 4.78 is 18.1. The molecule has 80 valence electrons. The van der Waals surface area contributed by atoms with E-state index in [1.54, 1.807) is 0 Å². The van der Waals surface area contributed by atoms with Crippen molar-refractivity contribution < 1.29 is 19.0 Å². The van der Waals surface area contributed by atoms with Gasteiger partial charge in [-0.15, -0.1) is 12.6 Å². The van der Waals surface area contributed by atoms with Gasteiger partial charge < -0.3 is 9.84 Å². The van der Waals surface area contributed by atoms with Gasteiger partial charge in [0.2, 0.25) is 0 Å². The second-order valence-corrected chi connectivity index (χ2v) is 3.20. The summed E-state index contributed by atoms with van der Waals surface area (Å²) in [5, 5.41) is 8.56. The summed E-state index contributed by atoms with van der Waals surface area (Å²) >= 11 is 3.70. The highest BCUT2D eigenvalue weighted by Gasteiger charge is 2.05. The lowest BCUT2D eigenvalue weighted by molar-refractivity contribution is -0.131. The number of carboxylic acid groups (broad SMARTS) is 1. The second-order valence-electron chi connectivity index (χ2n) is 2.72. The molecule has 1 aromatic carbocycles. The largest absolute Gasteiger partial charge is 0.497 e. The van der Waals surface area contributed by atoms with Crippen LogP contribution in [0, 0.1) is 5.82 Å². The van der Waals surface area contributed by atoms with Gasteiger partial charge in [-0.05, 0) is 24.3 Å². The highest BCUT2D eigenvalue weighted by molar-refractivity contribution is 7.85. The SMILES string of the molecule is COc1ccc(F)c(/C=C(/S)C(=O)O)c1. The van der Waals surface area contributed by atoms with Crippen molar-refractivity contribution in [3.05, 3.63) is 34.5 Å². The first-order valence-corrected chi connectivity index (χ1v) is 4.47. The molecule has 0 heterocycles. The van der Waals surface area contributed by atoms with Gasteiger partial charge >= 0.3 is 5.97 Å². The standard InChI is InChI=1S/C10H9FO3S/c1-14-7-2-3-8(11)6(4-7)5-9(15)10(12)13/h2-5,15H,1H3,(H,12,13)/b9-5+. The summed E-state index contributed by atoms with van der Waals surface area (Å²) in [7, 11) is 1.44. The molecule has 0 saturated carbocycles. The predicted molar refractivity (Wildman–Crippen MR) is 57.6 cm³/mol. The number of carboxylic acids is 1. The molecule has 0 saturated heterocycles. The Morgan fingerprint density at radius 2 is 2.27 bits per heavy atom. The monoisotopic (exact) mass is 228 g/mol. The topological polar surface area (TPSA) is 46.5 Å². The third-order valence-electron chi connectivity index (χ3n) is 1.71. The Hall–Kier alpha value is -1.49. The number of methoxy groups -OCH3 is 1. The number of hydrogen-bond acceptors (Lipinski definition) is 3. The molecule has 0 aliphatic carbocycles. The van der Waals surface area contributed by atoms with Crippen molar-refractivity contribution in [1.82, 2.24) is 0 Å². The van der Waals surface area contributed by atoms with Crippen LogP contribution in [0.2, 0.25) is 0 Å². The number of aliphatic carboxylic acids is 1. The molecule has 0 spiro atoms. The number of ether oxygens (including phenoxy) is 1. The zero-order valence-corrected chi connectivity index (χ0v) is 8.79. The van der Waals surface area contributed by atoms with Crippen LogP contribution < -0.4 is 4.74 Å². The quantitative estimate of drug-likeness (QED) is 0.615. The average Bonchev–Trinajstić information content (AvgIpc) is 2.21. The normalized spacial score (nSPS) is 11.3. The fourth-order valence-corrected chi connectivity index (χ4v) is 1.11. The molecular weight excluding hydrogens is 219 g/mol. The van der Waals surface area contributed by atoms with Crippen LogP contribution in [0.25, 0.3) is 6.08 Å². The Morgan fingerprint density at radius 3 is 2.80 bits per heavy atom. The molecule has 1 rings (SSSR count). The maximum atomic E-state index is 13.2. The zero-order valence-electron chi connectivity index (χ0n) is 7.90. The average molecular weight is 228 g/mol. The summed E-state index contributed by atoms with van der Waals surface area (Å²) in [6.45, 7) is 0. The molecule has 0 fully saturated rings. The van der Waals surface area contributed by atoms with Crippen LogP contribution in [-0.4, -0.2) is 18.2 Å². The predicted octanol–water partition coefficient (Wildman–Crippen LogP) is 2.19. The molecule has 1 N–H and O–H groups in total. The van der Waals surface area contributed by atoms with Crippen LogP contribution >= 0.6 is 12.6 Å². The van der Waals surface area contributed by atoms with E-state index < -0.39 is 11.8 Å². The molecule has 0 aromatic heterocycles. The maximum Gasteiger partial charge on any atom is 0.341 e. The fraction of sp³-hybridized carbons (Fsp3) is 0.100. The third kappa shape index (κ3) is 2.99. The van der Waals surface area contributed by atoms with Gasteiger partial charge in [0.1, 0.15) is 11.6 Å². The molecule has 0 amide bonds. The second kappa shape index (κ2) is 4.84. The van der Waals surface area contributed by atoms with Gasteiger partial charge in [0.25, 0.3) is 0 Å². The van der Waals surface area contributed by atoms with E-state index in [4.69, 9.17) is 9.84 Å². The summed E-state index contributed by atoms with van der Waals surface area (Å²) in [6, 6.07) is 4.05. The molecule has 0 unspecified atom stereocenters. The molecular formula is C10H9FO3S. The van der Waals surface area contributed by atoms with Gasteiger partial charge in [0, 0.05) is 5.56 Å². The number of halogens is 1. The van der Waals surface area contributed by atoms with E-state index in [1.165, 1.54) is 25.3 Å². The molecule has 15 heavy (non-hydrogen) atoms. The molecule has 0 aliphatic heterocycles. The van der Waals surface area contributed by atoms with E-state index in [9.17, 15) is 9.18 Å². The van der Waals surface area contributed by atoms with Crippen molar-refractivity contribution in [2.75, 3.05) is 7.11 Å². The molecule has 0 atom stereocenters. The zero-order chi connectivity index (χ0) is 11.4. The highest BCUT2D eigenvalue weighted by Crippen LogP contribution is 2.19. The number of thiol groups is 1. The van der Waals surface area contributed by atoms with E-state index in [0.717, 1.165) is 6.08 Å². The van der Waals surface area contributed by atoms with Crippen molar-refractivity contribution in [1.29, 1.82) is 0 Å². The van der Waals surface area contributed by atoms with Crippen LogP contribution in [-0.2, 0) is 4.79 Å². The molecule has 0 radical (unpaired) electrons. The summed E-state index contributed by atoms with van der Waals surface area (Å²) in [6.07, 6.45) is 1.13. The smallest absolute Gasteiger partial charge is 0.341 e. The van der Waals surface area contributed by atoms with E-state index >= 15 is 0 Å². The molecule has 0 bridgehead atoms. The Morgan fingerprint density at radius 1 is 1.60 bits per heavy atom. The Bertz CT molecular complexity index is 415. The molecule has 5 heteroatoms. The Kier molecular flexibility index (Phi) is 3.74. The van der Waals surface area contributed by atoms with Gasteiger partial charge in [-0.25, -0.2) is 9.18 Å². The first-order valence-electron chi connectivity index (χ1n) is 4.02. The molecule has 3 nitrogen and oxygen atoms in total. The number of hydrogen-bond donors (Lipinski definition) is 2. The van der Waals surface area contributed by atoms with Crippen molar-refractivity contribution >= 4 is 24.7 Å². The molecule has 1 aromatic rings. The van der Waals surface area contributed by atoms with Gasteiger partial charge in [0.15, 0.2) is 0 Å². The molecule has 0 aliphatic rings. The lowest BCUT2D eigenvalue weighted by atomic mass is 10.2. The first-order chi connectivity index (χ1) is 7.04. The van der Waals surface area contributed by atoms with E-state index in [2.05, 4.69) is 12.6 Å². The van der Waals surface area contributed by atoms with Crippen LogP contribution in [0.3, 0.4) is 0 Å². The van der Waals surface area contributed by atoms with Crippen molar-refractivity contribution in [2.45, 2.75) is 0 Å². The van der Waals surface area contributed by atoms with Crippen molar-refractivity contribution in [3.8, 4) is 5.75 Å². The Balaban J connectivity index is 3.13. The Labute approximate surface area is 91.6 Å². The number of benzene rings is 1. The highest BCUT2D eigenvalue weighted by atomic mass is 32.1.